The smallest absolute Gasteiger partial charge is 0.346 e. The molecule has 6 heteroatoms. The number of allylic oxidation sites excluding steroid dienone is 1. The number of Topliss-reactive ketones (excluding diaryl/α,β-unsaturated/α-hetero) is 2. The summed E-state index contributed by atoms with van der Waals surface area (Å²) in [5.74, 6) is -2.49. The van der Waals surface area contributed by atoms with Crippen molar-refractivity contribution in [3.8, 4) is 5.75 Å². The highest BCUT2D eigenvalue weighted by Gasteiger charge is 2.50. The first kappa shape index (κ1) is 23.2. The molecule has 2 aliphatic carbocycles. The van der Waals surface area contributed by atoms with Crippen LogP contribution in [0.1, 0.15) is 64.4 Å². The van der Waals surface area contributed by atoms with E-state index in [-0.39, 0.29) is 28.3 Å². The van der Waals surface area contributed by atoms with E-state index in [2.05, 4.69) is 13.8 Å². The van der Waals surface area contributed by atoms with Gasteiger partial charge in [0, 0.05) is 34.8 Å². The molecule has 0 saturated heterocycles. The number of hydrogen-bond acceptors (Lipinski definition) is 5. The molecule has 1 fully saturated rings. The summed E-state index contributed by atoms with van der Waals surface area (Å²) in [6, 6.07) is 19.8. The topological polar surface area (TPSA) is 72.8 Å². The molecule has 3 aromatic carbocycles. The molecule has 6 rings (SSSR count). The number of benzene rings is 3. The Hall–Kier alpha value is -4.19. The first-order valence-electron chi connectivity index (χ1n) is 12.3. The van der Waals surface area contributed by atoms with Crippen LogP contribution in [0.2, 0.25) is 0 Å². The number of carbonyl (C=O) groups excluding carboxylic acids is 3. The molecule has 2 atom stereocenters. The van der Waals surface area contributed by atoms with Crippen LogP contribution >= 0.6 is 0 Å². The maximum absolute atomic E-state index is 14.1. The summed E-state index contributed by atoms with van der Waals surface area (Å²) in [6.45, 7) is 4.11. The van der Waals surface area contributed by atoms with Crippen molar-refractivity contribution in [2.24, 2.45) is 16.3 Å². The van der Waals surface area contributed by atoms with Crippen molar-refractivity contribution in [2.75, 3.05) is 0 Å². The molecule has 3 aromatic rings. The lowest BCUT2D eigenvalue weighted by molar-refractivity contribution is -0.124. The van der Waals surface area contributed by atoms with Crippen LogP contribution in [0.5, 0.6) is 5.75 Å². The predicted octanol–water partition coefficient (Wildman–Crippen LogP) is 6.20. The highest BCUT2D eigenvalue weighted by atomic mass is 19.1. The Bertz CT molecular complexity index is 1560. The quantitative estimate of drug-likeness (QED) is 0.322. The molecule has 0 N–H and O–H groups in total. The lowest BCUT2D eigenvalue weighted by Gasteiger charge is -2.40. The number of ketones is 2. The van der Waals surface area contributed by atoms with Gasteiger partial charge in [0.2, 0.25) is 0 Å². The summed E-state index contributed by atoms with van der Waals surface area (Å²) in [4.78, 5) is 44.8. The molecular formula is C31H24FNO4. The van der Waals surface area contributed by atoms with E-state index < -0.39 is 23.6 Å². The highest BCUT2D eigenvalue weighted by molar-refractivity contribution is 6.25. The molecule has 0 spiro atoms. The van der Waals surface area contributed by atoms with Gasteiger partial charge in [-0.25, -0.2) is 9.18 Å². The molecule has 37 heavy (non-hydrogen) atoms. The molecule has 184 valence electrons. The standard InChI is InChI=1S/C31H24FNO4/c1-31(2)15-23-26(24(34)16-31)25(27-28(33-23)19-10-3-4-11-20(19)29(27)35)17-8-7-9-18(14-17)37-30(36)21-12-5-6-13-22(21)32/h3-14,25-26H,15-16H2,1-2H3/t25-,26?/m1/s1. The number of aliphatic imine (C=N–C) groups is 1. The molecule has 3 aliphatic rings. The maximum Gasteiger partial charge on any atom is 0.346 e. The van der Waals surface area contributed by atoms with Crippen molar-refractivity contribution in [1.29, 1.82) is 0 Å². The number of nitrogens with zero attached hydrogens (tertiary/aromatic N) is 1. The molecular weight excluding hydrogens is 469 g/mol. The van der Waals surface area contributed by atoms with Crippen LogP contribution in [-0.2, 0) is 4.79 Å². The second kappa shape index (κ2) is 8.44. The summed E-state index contributed by atoms with van der Waals surface area (Å²) in [7, 11) is 0. The zero-order chi connectivity index (χ0) is 25.9. The molecule has 1 aliphatic heterocycles. The fourth-order valence-corrected chi connectivity index (χ4v) is 5.84. The summed E-state index contributed by atoms with van der Waals surface area (Å²) in [5.41, 5.74) is 3.54. The van der Waals surface area contributed by atoms with Crippen molar-refractivity contribution >= 4 is 28.9 Å². The molecule has 0 aromatic heterocycles. The monoisotopic (exact) mass is 493 g/mol. The Morgan fingerprint density at radius 1 is 0.919 bits per heavy atom. The Morgan fingerprint density at radius 2 is 1.65 bits per heavy atom. The van der Waals surface area contributed by atoms with Crippen molar-refractivity contribution in [2.45, 2.75) is 32.6 Å². The van der Waals surface area contributed by atoms with Crippen LogP contribution in [-0.4, -0.2) is 23.2 Å². The minimum atomic E-state index is -0.819. The van der Waals surface area contributed by atoms with Gasteiger partial charge in [0.15, 0.2) is 5.78 Å². The minimum Gasteiger partial charge on any atom is -0.423 e. The number of fused-ring (bicyclic) bond motifs is 3. The number of rotatable bonds is 3. The first-order valence-corrected chi connectivity index (χ1v) is 12.3. The maximum atomic E-state index is 14.1. The summed E-state index contributed by atoms with van der Waals surface area (Å²) in [6.07, 6.45) is 1.04. The molecule has 1 unspecified atom stereocenters. The van der Waals surface area contributed by atoms with E-state index in [0.29, 0.717) is 35.2 Å². The third kappa shape index (κ3) is 3.84. The van der Waals surface area contributed by atoms with E-state index in [1.165, 1.54) is 18.2 Å². The summed E-state index contributed by atoms with van der Waals surface area (Å²) in [5, 5.41) is 0. The van der Waals surface area contributed by atoms with Crippen molar-refractivity contribution in [1.82, 2.24) is 0 Å². The third-order valence-corrected chi connectivity index (χ3v) is 7.37. The first-order chi connectivity index (χ1) is 17.7. The predicted molar refractivity (Wildman–Crippen MR) is 137 cm³/mol. The largest absolute Gasteiger partial charge is 0.423 e. The van der Waals surface area contributed by atoms with Crippen LogP contribution in [0.15, 0.2) is 83.4 Å². The Labute approximate surface area is 213 Å². The average molecular weight is 494 g/mol. The van der Waals surface area contributed by atoms with Gasteiger partial charge >= 0.3 is 5.97 Å². The van der Waals surface area contributed by atoms with Crippen LogP contribution < -0.4 is 4.74 Å². The third-order valence-electron chi connectivity index (χ3n) is 7.37. The number of carbonyl (C=O) groups is 3. The van der Waals surface area contributed by atoms with E-state index in [4.69, 9.17) is 9.73 Å². The van der Waals surface area contributed by atoms with E-state index in [0.717, 1.165) is 11.3 Å². The van der Waals surface area contributed by atoms with Crippen molar-refractivity contribution < 1.29 is 23.5 Å². The van der Waals surface area contributed by atoms with Crippen LogP contribution in [0, 0.1) is 17.2 Å². The van der Waals surface area contributed by atoms with Gasteiger partial charge in [0.1, 0.15) is 17.3 Å². The fraction of sp³-hybridized carbons (Fsp3) is 0.226. The van der Waals surface area contributed by atoms with E-state index in [1.54, 1.807) is 30.3 Å². The molecule has 0 radical (unpaired) electrons. The normalized spacial score (nSPS) is 21.6. The summed E-state index contributed by atoms with van der Waals surface area (Å²) >= 11 is 0. The number of esters is 1. The Kier molecular flexibility index (Phi) is 5.30. The van der Waals surface area contributed by atoms with E-state index in [9.17, 15) is 18.8 Å². The average Bonchev–Trinajstić information content (AvgIpc) is 3.14. The van der Waals surface area contributed by atoms with Gasteiger partial charge < -0.3 is 4.74 Å². The number of ether oxygens (including phenoxy) is 1. The van der Waals surface area contributed by atoms with Gasteiger partial charge in [-0.05, 0) is 41.7 Å². The summed E-state index contributed by atoms with van der Waals surface area (Å²) < 4.78 is 19.6. The lowest BCUT2D eigenvalue weighted by atomic mass is 9.63. The minimum absolute atomic E-state index is 0.0454. The van der Waals surface area contributed by atoms with Crippen LogP contribution in [0.3, 0.4) is 0 Å². The molecule has 0 amide bonds. The second-order valence-electron chi connectivity index (χ2n) is 10.6. The van der Waals surface area contributed by atoms with Gasteiger partial charge in [-0.15, -0.1) is 0 Å². The Balaban J connectivity index is 1.45. The SMILES string of the molecule is CC1(C)CC(=O)C2C(=NC3=C(C(=O)c4ccccc43)[C@@H]2c2cccc(OC(=O)c3ccccc3F)c2)C1. The molecule has 5 nitrogen and oxygen atoms in total. The van der Waals surface area contributed by atoms with Gasteiger partial charge in [-0.2, -0.15) is 0 Å². The van der Waals surface area contributed by atoms with Crippen LogP contribution in [0.25, 0.3) is 5.70 Å². The number of halogens is 1. The second-order valence-corrected chi connectivity index (χ2v) is 10.6. The molecule has 1 saturated carbocycles. The van der Waals surface area contributed by atoms with Gasteiger partial charge in [0.05, 0.1) is 17.2 Å². The van der Waals surface area contributed by atoms with Gasteiger partial charge in [0.25, 0.3) is 0 Å². The number of hydrogen-bond donors (Lipinski definition) is 0. The van der Waals surface area contributed by atoms with Crippen molar-refractivity contribution in [3.63, 3.8) is 0 Å². The zero-order valence-corrected chi connectivity index (χ0v) is 20.5. The van der Waals surface area contributed by atoms with E-state index >= 15 is 0 Å². The highest BCUT2D eigenvalue weighted by Crippen LogP contribution is 2.52. The van der Waals surface area contributed by atoms with Crippen molar-refractivity contribution in [3.05, 3.63) is 106 Å². The van der Waals surface area contributed by atoms with Crippen LogP contribution in [0.4, 0.5) is 4.39 Å². The zero-order valence-electron chi connectivity index (χ0n) is 20.5. The Morgan fingerprint density at radius 3 is 2.43 bits per heavy atom. The van der Waals surface area contributed by atoms with Gasteiger partial charge in [-0.1, -0.05) is 62.4 Å². The molecule has 0 bridgehead atoms. The lowest BCUT2D eigenvalue weighted by Crippen LogP contribution is -2.43. The molecule has 1 heterocycles. The van der Waals surface area contributed by atoms with Gasteiger partial charge in [-0.3, -0.25) is 14.6 Å². The fourth-order valence-electron chi connectivity index (χ4n) is 5.84. The van der Waals surface area contributed by atoms with E-state index in [1.807, 2.05) is 24.3 Å².